The predicted molar refractivity (Wildman–Crippen MR) is 82.9 cm³/mol. The lowest BCUT2D eigenvalue weighted by Gasteiger charge is -2.44. The molecule has 2 N–H and O–H groups in total. The highest BCUT2D eigenvalue weighted by Gasteiger charge is 2.44. The van der Waals surface area contributed by atoms with Crippen LogP contribution in [0.25, 0.3) is 0 Å². The van der Waals surface area contributed by atoms with Crippen molar-refractivity contribution in [3.8, 4) is 11.5 Å². The molecule has 4 rings (SSSR count). The number of phenols is 2. The van der Waals surface area contributed by atoms with Gasteiger partial charge in [-0.1, -0.05) is 24.3 Å². The highest BCUT2D eigenvalue weighted by atomic mass is 16.3. The van der Waals surface area contributed by atoms with Crippen molar-refractivity contribution in [2.45, 2.75) is 43.9 Å². The van der Waals surface area contributed by atoms with E-state index in [9.17, 15) is 10.2 Å². The summed E-state index contributed by atoms with van der Waals surface area (Å²) >= 11 is 0. The van der Waals surface area contributed by atoms with Crippen molar-refractivity contribution in [3.63, 3.8) is 0 Å². The Morgan fingerprint density at radius 1 is 0.714 bits per heavy atom. The minimum atomic E-state index is -0.197. The second-order valence-corrected chi connectivity index (χ2v) is 6.41. The van der Waals surface area contributed by atoms with E-state index in [0.29, 0.717) is 11.5 Å². The van der Waals surface area contributed by atoms with Gasteiger partial charge in [0.25, 0.3) is 0 Å². The van der Waals surface area contributed by atoms with Gasteiger partial charge in [-0.15, -0.1) is 0 Å². The first-order valence-corrected chi connectivity index (χ1v) is 7.85. The molecule has 2 heteroatoms. The molecule has 2 aliphatic carbocycles. The van der Waals surface area contributed by atoms with Gasteiger partial charge in [-0.2, -0.15) is 0 Å². The molecule has 21 heavy (non-hydrogen) atoms. The van der Waals surface area contributed by atoms with Crippen LogP contribution in [0.3, 0.4) is 0 Å². The maximum atomic E-state index is 10.5. The summed E-state index contributed by atoms with van der Waals surface area (Å²) in [6.07, 6.45) is 6.31. The molecule has 2 aliphatic rings. The number of aryl methyl sites for hydroxylation is 2. The lowest BCUT2D eigenvalue weighted by Crippen LogP contribution is -2.36. The van der Waals surface area contributed by atoms with Gasteiger partial charge in [0.2, 0.25) is 0 Å². The van der Waals surface area contributed by atoms with Crippen molar-refractivity contribution in [1.29, 1.82) is 0 Å². The number of hydrogen-bond donors (Lipinski definition) is 2. The Labute approximate surface area is 125 Å². The highest BCUT2D eigenvalue weighted by molar-refractivity contribution is 5.58. The number of fused-ring (bicyclic) bond motifs is 4. The molecule has 1 spiro atoms. The Bertz CT molecular complexity index is 641. The Morgan fingerprint density at radius 2 is 1.19 bits per heavy atom. The standard InChI is InChI=1S/C19H20O2/c20-15-9-1-5-13-7-3-11-19(17(13)15)12-4-8-14-6-2-10-16(21)18(14)19/h1-2,5-6,9-10,20-21H,3-4,7-8,11-12H2. The number of aromatic hydroxyl groups is 2. The minimum absolute atomic E-state index is 0.197. The van der Waals surface area contributed by atoms with E-state index in [-0.39, 0.29) is 5.41 Å². The van der Waals surface area contributed by atoms with Crippen molar-refractivity contribution in [2.75, 3.05) is 0 Å². The molecule has 0 fully saturated rings. The summed E-state index contributed by atoms with van der Waals surface area (Å²) in [6, 6.07) is 11.7. The second-order valence-electron chi connectivity index (χ2n) is 6.41. The van der Waals surface area contributed by atoms with Crippen molar-refractivity contribution in [1.82, 2.24) is 0 Å². The van der Waals surface area contributed by atoms with Crippen LogP contribution in [0.5, 0.6) is 11.5 Å². The quantitative estimate of drug-likeness (QED) is 0.764. The molecule has 108 valence electrons. The van der Waals surface area contributed by atoms with Crippen LogP contribution in [-0.2, 0) is 18.3 Å². The number of hydrogen-bond acceptors (Lipinski definition) is 2. The van der Waals surface area contributed by atoms with E-state index >= 15 is 0 Å². The van der Waals surface area contributed by atoms with E-state index in [1.165, 1.54) is 11.1 Å². The van der Waals surface area contributed by atoms with Gasteiger partial charge >= 0.3 is 0 Å². The molecule has 0 atom stereocenters. The summed E-state index contributed by atoms with van der Waals surface area (Å²) in [7, 11) is 0. The zero-order chi connectivity index (χ0) is 14.4. The van der Waals surface area contributed by atoms with E-state index in [4.69, 9.17) is 0 Å². The summed E-state index contributed by atoms with van der Waals surface area (Å²) in [5, 5.41) is 21.0. The van der Waals surface area contributed by atoms with Gasteiger partial charge in [-0.05, 0) is 61.8 Å². The molecule has 2 nitrogen and oxygen atoms in total. The van der Waals surface area contributed by atoms with Crippen LogP contribution in [0.2, 0.25) is 0 Å². The third-order valence-electron chi connectivity index (χ3n) is 5.31. The average Bonchev–Trinajstić information content (AvgIpc) is 2.48. The molecule has 0 radical (unpaired) electrons. The smallest absolute Gasteiger partial charge is 0.119 e. The van der Waals surface area contributed by atoms with Gasteiger partial charge in [0, 0.05) is 16.5 Å². The molecule has 2 aromatic carbocycles. The molecular weight excluding hydrogens is 260 g/mol. The SMILES string of the molecule is Oc1cccc2c1C1(CCC2)CCCc2cccc(O)c21. The van der Waals surface area contributed by atoms with E-state index in [2.05, 4.69) is 12.1 Å². The zero-order valence-electron chi connectivity index (χ0n) is 12.1. The van der Waals surface area contributed by atoms with Gasteiger partial charge in [0.1, 0.15) is 11.5 Å². The zero-order valence-corrected chi connectivity index (χ0v) is 12.1. The Hall–Kier alpha value is -1.96. The second kappa shape index (κ2) is 4.52. The first-order valence-electron chi connectivity index (χ1n) is 7.85. The van der Waals surface area contributed by atoms with Gasteiger partial charge in [0.05, 0.1) is 0 Å². The lowest BCUT2D eigenvalue weighted by atomic mass is 9.59. The fourth-order valence-electron chi connectivity index (χ4n) is 4.61. The number of rotatable bonds is 0. The van der Waals surface area contributed by atoms with Crippen molar-refractivity contribution >= 4 is 0 Å². The van der Waals surface area contributed by atoms with Gasteiger partial charge < -0.3 is 10.2 Å². The maximum Gasteiger partial charge on any atom is 0.119 e. The Balaban J connectivity index is 2.04. The van der Waals surface area contributed by atoms with Crippen molar-refractivity contribution < 1.29 is 10.2 Å². The Kier molecular flexibility index (Phi) is 2.75. The largest absolute Gasteiger partial charge is 0.508 e. The topological polar surface area (TPSA) is 40.5 Å². The first kappa shape index (κ1) is 12.8. The van der Waals surface area contributed by atoms with Crippen LogP contribution in [0.4, 0.5) is 0 Å². The number of benzene rings is 2. The summed E-state index contributed by atoms with van der Waals surface area (Å²) in [6.45, 7) is 0. The third-order valence-corrected chi connectivity index (χ3v) is 5.31. The summed E-state index contributed by atoms with van der Waals surface area (Å²) in [5.41, 5.74) is 4.44. The van der Waals surface area contributed by atoms with Crippen LogP contribution in [0.1, 0.15) is 47.9 Å². The van der Waals surface area contributed by atoms with E-state index < -0.39 is 0 Å². The Morgan fingerprint density at radius 3 is 1.67 bits per heavy atom. The lowest BCUT2D eigenvalue weighted by molar-refractivity contribution is 0.332. The van der Waals surface area contributed by atoms with Crippen LogP contribution in [0.15, 0.2) is 36.4 Å². The van der Waals surface area contributed by atoms with Crippen LogP contribution >= 0.6 is 0 Å². The third kappa shape index (κ3) is 1.71. The van der Waals surface area contributed by atoms with Crippen LogP contribution < -0.4 is 0 Å². The maximum absolute atomic E-state index is 10.5. The van der Waals surface area contributed by atoms with Gasteiger partial charge in [-0.25, -0.2) is 0 Å². The van der Waals surface area contributed by atoms with E-state index in [1.807, 2.05) is 12.1 Å². The van der Waals surface area contributed by atoms with Gasteiger partial charge in [0.15, 0.2) is 0 Å². The molecule has 2 aromatic rings. The molecule has 0 bridgehead atoms. The monoisotopic (exact) mass is 280 g/mol. The molecule has 0 amide bonds. The molecule has 0 unspecified atom stereocenters. The predicted octanol–water partition coefficient (Wildman–Crippen LogP) is 4.06. The summed E-state index contributed by atoms with van der Waals surface area (Å²) in [5.74, 6) is 0.784. The molecule has 0 aliphatic heterocycles. The van der Waals surface area contributed by atoms with E-state index in [0.717, 1.165) is 49.7 Å². The van der Waals surface area contributed by atoms with E-state index in [1.54, 1.807) is 12.1 Å². The molecule has 0 saturated heterocycles. The first-order chi connectivity index (χ1) is 10.2. The van der Waals surface area contributed by atoms with Crippen LogP contribution in [-0.4, -0.2) is 10.2 Å². The normalized spacial score (nSPS) is 19.0. The van der Waals surface area contributed by atoms with Gasteiger partial charge in [-0.3, -0.25) is 0 Å². The molecule has 0 heterocycles. The fourth-order valence-corrected chi connectivity index (χ4v) is 4.61. The van der Waals surface area contributed by atoms with Crippen LogP contribution in [0, 0.1) is 0 Å². The van der Waals surface area contributed by atoms with Crippen molar-refractivity contribution in [3.05, 3.63) is 58.7 Å². The molecule has 0 aromatic heterocycles. The fraction of sp³-hybridized carbons (Fsp3) is 0.368. The molecular formula is C19H20O2. The minimum Gasteiger partial charge on any atom is -0.508 e. The summed E-state index contributed by atoms with van der Waals surface area (Å²) in [4.78, 5) is 0. The molecule has 0 saturated carbocycles. The van der Waals surface area contributed by atoms with Crippen molar-refractivity contribution in [2.24, 2.45) is 0 Å². The average molecular weight is 280 g/mol. The highest BCUT2D eigenvalue weighted by Crippen LogP contribution is 2.54. The summed E-state index contributed by atoms with van der Waals surface area (Å²) < 4.78 is 0. The number of phenolic OH excluding ortho intramolecular Hbond substituents is 2.